The number of benzene rings is 2. The van der Waals surface area contributed by atoms with E-state index in [4.69, 9.17) is 0 Å². The van der Waals surface area contributed by atoms with Gasteiger partial charge in [0.2, 0.25) is 5.88 Å². The number of aromatic hydroxyl groups is 1. The Hall–Kier alpha value is -3.48. The third-order valence-corrected chi connectivity index (χ3v) is 4.05. The molecule has 0 atom stereocenters. The van der Waals surface area contributed by atoms with Gasteiger partial charge in [0.25, 0.3) is 5.56 Å². The molecule has 6 nitrogen and oxygen atoms in total. The number of nitrogens with zero attached hydrogens (tertiary/aromatic N) is 2. The second-order valence-electron chi connectivity index (χ2n) is 5.92. The molecule has 0 bridgehead atoms. The fraction of sp³-hybridized carbons (Fsp3) is 0.150. The Morgan fingerprint density at radius 3 is 2.56 bits per heavy atom. The van der Waals surface area contributed by atoms with Gasteiger partial charge in [-0.2, -0.15) is 0 Å². The maximum Gasteiger partial charge on any atom is 0.331 e. The molecule has 3 aromatic rings. The van der Waals surface area contributed by atoms with Crippen molar-refractivity contribution in [1.82, 2.24) is 9.55 Å². The average molecular weight is 367 g/mol. The van der Waals surface area contributed by atoms with Gasteiger partial charge in [-0.05, 0) is 30.2 Å². The number of halogens is 1. The molecule has 0 saturated heterocycles. The van der Waals surface area contributed by atoms with E-state index in [-0.39, 0.29) is 17.8 Å². The van der Waals surface area contributed by atoms with Crippen molar-refractivity contribution in [2.75, 3.05) is 0 Å². The molecule has 0 aliphatic rings. The van der Waals surface area contributed by atoms with Crippen LogP contribution in [0.1, 0.15) is 24.5 Å². The van der Waals surface area contributed by atoms with E-state index in [1.807, 2.05) is 18.2 Å². The van der Waals surface area contributed by atoms with Gasteiger partial charge in [-0.1, -0.05) is 43.3 Å². The zero-order valence-corrected chi connectivity index (χ0v) is 14.6. The summed E-state index contributed by atoms with van der Waals surface area (Å²) >= 11 is 0. The lowest BCUT2D eigenvalue weighted by Gasteiger charge is -2.12. The molecule has 3 rings (SSSR count). The summed E-state index contributed by atoms with van der Waals surface area (Å²) in [6.45, 7) is 1.84. The Labute approximate surface area is 154 Å². The van der Waals surface area contributed by atoms with Crippen LogP contribution in [0.2, 0.25) is 0 Å². The molecule has 1 heterocycles. The first-order valence-corrected chi connectivity index (χ1v) is 8.43. The van der Waals surface area contributed by atoms with E-state index < -0.39 is 22.9 Å². The van der Waals surface area contributed by atoms with Crippen molar-refractivity contribution in [1.29, 1.82) is 0 Å². The van der Waals surface area contributed by atoms with Gasteiger partial charge in [0, 0.05) is 0 Å². The molecule has 0 aliphatic carbocycles. The predicted molar refractivity (Wildman–Crippen MR) is 101 cm³/mol. The Balaban J connectivity index is 2.13. The first-order chi connectivity index (χ1) is 13.0. The highest BCUT2D eigenvalue weighted by atomic mass is 19.1. The average Bonchev–Trinajstić information content (AvgIpc) is 2.65. The van der Waals surface area contributed by atoms with E-state index in [0.717, 1.165) is 10.1 Å². The summed E-state index contributed by atoms with van der Waals surface area (Å²) in [6.07, 6.45) is 0.302. The van der Waals surface area contributed by atoms with Crippen LogP contribution >= 0.6 is 0 Å². The zero-order chi connectivity index (χ0) is 19.4. The number of rotatable bonds is 5. The molecule has 138 valence electrons. The zero-order valence-electron chi connectivity index (χ0n) is 14.6. The number of hydrogen-bond donors (Lipinski definition) is 2. The standard InChI is InChI=1S/C20H18FN3O3/c1-2-16(22-15-10-6-9-14(21)11-15)17-18(25)23-20(27)24(19(17)26)12-13-7-4-3-5-8-13/h3-11,26H,2,12H2,1H3,(H,23,25,27). The summed E-state index contributed by atoms with van der Waals surface area (Å²) in [5, 5.41) is 10.6. The number of aliphatic imine (C=N–C) groups is 1. The van der Waals surface area contributed by atoms with Crippen LogP contribution in [0.3, 0.4) is 0 Å². The molecule has 0 saturated carbocycles. The summed E-state index contributed by atoms with van der Waals surface area (Å²) in [6, 6.07) is 14.7. The van der Waals surface area contributed by atoms with Gasteiger partial charge >= 0.3 is 5.69 Å². The van der Waals surface area contributed by atoms with Gasteiger partial charge in [0.1, 0.15) is 11.4 Å². The SMILES string of the molecule is CCC(=Nc1cccc(F)c1)c1c(O)n(Cc2ccccc2)c(=O)[nH]c1=O. The molecular weight excluding hydrogens is 349 g/mol. The van der Waals surface area contributed by atoms with E-state index in [0.29, 0.717) is 12.1 Å². The van der Waals surface area contributed by atoms with E-state index in [1.165, 1.54) is 18.2 Å². The van der Waals surface area contributed by atoms with Gasteiger partial charge in [0.15, 0.2) is 0 Å². The minimum atomic E-state index is -0.737. The first kappa shape index (κ1) is 18.3. The molecule has 7 heteroatoms. The van der Waals surface area contributed by atoms with Crippen molar-refractivity contribution < 1.29 is 9.50 Å². The fourth-order valence-electron chi connectivity index (χ4n) is 2.75. The maximum atomic E-state index is 13.4. The Kier molecular flexibility index (Phi) is 5.30. The molecule has 0 fully saturated rings. The molecule has 0 aliphatic heterocycles. The second kappa shape index (κ2) is 7.82. The van der Waals surface area contributed by atoms with E-state index in [1.54, 1.807) is 25.1 Å². The topological polar surface area (TPSA) is 87.4 Å². The smallest absolute Gasteiger partial charge is 0.331 e. The second-order valence-corrected chi connectivity index (χ2v) is 5.92. The van der Waals surface area contributed by atoms with Gasteiger partial charge in [-0.15, -0.1) is 0 Å². The molecule has 0 radical (unpaired) electrons. The van der Waals surface area contributed by atoms with Crippen LogP contribution in [0.4, 0.5) is 10.1 Å². The normalized spacial score (nSPS) is 11.6. The van der Waals surface area contributed by atoms with Crippen LogP contribution < -0.4 is 11.2 Å². The lowest BCUT2D eigenvalue weighted by molar-refractivity contribution is 0.408. The summed E-state index contributed by atoms with van der Waals surface area (Å²) in [4.78, 5) is 31.0. The predicted octanol–water partition coefficient (Wildman–Crippen LogP) is 2.96. The molecule has 2 N–H and O–H groups in total. The number of aromatic amines is 1. The van der Waals surface area contributed by atoms with Crippen LogP contribution in [0.15, 0.2) is 69.2 Å². The van der Waals surface area contributed by atoms with Crippen molar-refractivity contribution in [2.45, 2.75) is 19.9 Å². The summed E-state index contributed by atoms with van der Waals surface area (Å²) in [5.74, 6) is -0.927. The number of aromatic nitrogens is 2. The van der Waals surface area contributed by atoms with Crippen LogP contribution in [0.25, 0.3) is 0 Å². The van der Waals surface area contributed by atoms with Crippen LogP contribution in [0, 0.1) is 5.82 Å². The van der Waals surface area contributed by atoms with E-state index in [2.05, 4.69) is 9.98 Å². The lowest BCUT2D eigenvalue weighted by Crippen LogP contribution is -2.34. The van der Waals surface area contributed by atoms with Gasteiger partial charge < -0.3 is 5.11 Å². The Bertz CT molecular complexity index is 1100. The highest BCUT2D eigenvalue weighted by molar-refractivity contribution is 6.03. The number of hydrogen-bond acceptors (Lipinski definition) is 4. The Morgan fingerprint density at radius 2 is 1.89 bits per heavy atom. The number of H-pyrrole nitrogens is 1. The minimum absolute atomic E-state index is 0.0895. The monoisotopic (exact) mass is 367 g/mol. The summed E-state index contributed by atoms with van der Waals surface area (Å²) in [7, 11) is 0. The lowest BCUT2D eigenvalue weighted by atomic mass is 10.1. The van der Waals surface area contributed by atoms with Gasteiger partial charge in [-0.25, -0.2) is 9.18 Å². The number of nitrogens with one attached hydrogen (secondary N) is 1. The van der Waals surface area contributed by atoms with Crippen LogP contribution in [0.5, 0.6) is 5.88 Å². The molecule has 1 aromatic heterocycles. The first-order valence-electron chi connectivity index (χ1n) is 8.43. The van der Waals surface area contributed by atoms with Gasteiger partial charge in [0.05, 0.1) is 17.9 Å². The minimum Gasteiger partial charge on any atom is -0.494 e. The van der Waals surface area contributed by atoms with Crippen LogP contribution in [-0.2, 0) is 6.54 Å². The summed E-state index contributed by atoms with van der Waals surface area (Å²) in [5.41, 5.74) is -0.206. The largest absolute Gasteiger partial charge is 0.494 e. The highest BCUT2D eigenvalue weighted by Gasteiger charge is 2.18. The van der Waals surface area contributed by atoms with Gasteiger partial charge in [-0.3, -0.25) is 19.3 Å². The van der Waals surface area contributed by atoms with Crippen molar-refractivity contribution in [3.8, 4) is 5.88 Å². The molecule has 0 unspecified atom stereocenters. The fourth-order valence-corrected chi connectivity index (χ4v) is 2.75. The van der Waals surface area contributed by atoms with E-state index >= 15 is 0 Å². The third-order valence-electron chi connectivity index (χ3n) is 4.05. The third kappa shape index (κ3) is 4.03. The molecule has 0 spiro atoms. The molecule has 0 amide bonds. The highest BCUT2D eigenvalue weighted by Crippen LogP contribution is 2.20. The van der Waals surface area contributed by atoms with Crippen molar-refractivity contribution >= 4 is 11.4 Å². The van der Waals surface area contributed by atoms with Crippen molar-refractivity contribution in [2.24, 2.45) is 4.99 Å². The molecular formula is C20H18FN3O3. The summed E-state index contributed by atoms with van der Waals surface area (Å²) < 4.78 is 14.5. The van der Waals surface area contributed by atoms with E-state index in [9.17, 15) is 19.1 Å². The molecule has 27 heavy (non-hydrogen) atoms. The van der Waals surface area contributed by atoms with Crippen molar-refractivity contribution in [3.63, 3.8) is 0 Å². The van der Waals surface area contributed by atoms with Crippen LogP contribution in [-0.4, -0.2) is 20.4 Å². The molecule has 2 aromatic carbocycles. The quantitative estimate of drug-likeness (QED) is 0.680. The Morgan fingerprint density at radius 1 is 1.15 bits per heavy atom. The maximum absolute atomic E-state index is 13.4. The van der Waals surface area contributed by atoms with Crippen molar-refractivity contribution in [3.05, 3.63) is 92.4 Å².